The van der Waals surface area contributed by atoms with E-state index in [1.165, 1.54) is 0 Å². The molecule has 3 rings (SSSR count). The first kappa shape index (κ1) is 23.5. The molecule has 1 aliphatic rings. The van der Waals surface area contributed by atoms with Crippen LogP contribution in [0, 0.1) is 5.92 Å². The number of carboxylic acids is 1. The minimum Gasteiger partial charge on any atom is -0.496 e. The fourth-order valence-electron chi connectivity index (χ4n) is 4.32. The van der Waals surface area contributed by atoms with Gasteiger partial charge in [-0.3, -0.25) is 9.69 Å². The number of hydrogen-bond donors (Lipinski definition) is 1. The summed E-state index contributed by atoms with van der Waals surface area (Å²) in [6.45, 7) is 1.17. The maximum absolute atomic E-state index is 11.8. The van der Waals surface area contributed by atoms with Gasteiger partial charge >= 0.3 is 5.97 Å². The SMILES string of the molecule is COc1ccc(C(c2cc(OC)c(OC)cc2OC)N2CCCC(C(=O)O)C2)cc1OC. The second-order valence-electron chi connectivity index (χ2n) is 7.64. The van der Waals surface area contributed by atoms with Crippen LogP contribution in [0.25, 0.3) is 0 Å². The van der Waals surface area contributed by atoms with Gasteiger partial charge in [0.25, 0.3) is 0 Å². The van der Waals surface area contributed by atoms with E-state index in [0.29, 0.717) is 41.7 Å². The van der Waals surface area contributed by atoms with Crippen molar-refractivity contribution in [3.8, 4) is 28.7 Å². The predicted octanol–water partition coefficient (Wildman–Crippen LogP) is 3.62. The summed E-state index contributed by atoms with van der Waals surface area (Å²) in [6.07, 6.45) is 1.45. The average Bonchev–Trinajstić information content (AvgIpc) is 2.83. The quantitative estimate of drug-likeness (QED) is 0.626. The van der Waals surface area contributed by atoms with E-state index in [-0.39, 0.29) is 6.04 Å². The second kappa shape index (κ2) is 10.5. The Kier molecular flexibility index (Phi) is 7.69. The number of carbonyl (C=O) groups is 1. The van der Waals surface area contributed by atoms with E-state index >= 15 is 0 Å². The van der Waals surface area contributed by atoms with Crippen LogP contribution in [0.1, 0.15) is 30.0 Å². The maximum atomic E-state index is 11.8. The molecular formula is C24H31NO7. The molecule has 0 amide bonds. The molecule has 0 bridgehead atoms. The van der Waals surface area contributed by atoms with Crippen molar-refractivity contribution in [2.24, 2.45) is 5.92 Å². The molecule has 1 N–H and O–H groups in total. The molecule has 1 fully saturated rings. The van der Waals surface area contributed by atoms with E-state index in [0.717, 1.165) is 24.1 Å². The van der Waals surface area contributed by atoms with Gasteiger partial charge in [-0.05, 0) is 43.1 Å². The molecule has 0 saturated carbocycles. The highest BCUT2D eigenvalue weighted by Gasteiger charge is 2.34. The summed E-state index contributed by atoms with van der Waals surface area (Å²) < 4.78 is 27.7. The molecule has 0 radical (unpaired) electrons. The zero-order chi connectivity index (χ0) is 23.3. The van der Waals surface area contributed by atoms with Crippen LogP contribution in [-0.4, -0.2) is 64.6 Å². The van der Waals surface area contributed by atoms with Crippen LogP contribution in [0.5, 0.6) is 28.7 Å². The van der Waals surface area contributed by atoms with E-state index in [2.05, 4.69) is 4.90 Å². The first-order valence-electron chi connectivity index (χ1n) is 10.5. The van der Waals surface area contributed by atoms with Crippen LogP contribution in [0.4, 0.5) is 0 Å². The van der Waals surface area contributed by atoms with E-state index in [1.807, 2.05) is 24.3 Å². The molecular weight excluding hydrogens is 414 g/mol. The van der Waals surface area contributed by atoms with Gasteiger partial charge in [0, 0.05) is 18.2 Å². The summed E-state index contributed by atoms with van der Waals surface area (Å²) in [4.78, 5) is 13.9. The molecule has 32 heavy (non-hydrogen) atoms. The number of nitrogens with zero attached hydrogens (tertiary/aromatic N) is 1. The van der Waals surface area contributed by atoms with Crippen molar-refractivity contribution in [2.75, 3.05) is 48.6 Å². The molecule has 174 valence electrons. The standard InChI is InChI=1S/C24H31NO7/c1-28-18-9-8-15(11-20(18)30-3)23(25-10-6-7-16(14-25)24(26)27)17-12-21(31-4)22(32-5)13-19(17)29-2/h8-9,11-13,16,23H,6-7,10,14H2,1-5H3,(H,26,27). The number of rotatable bonds is 9. The lowest BCUT2D eigenvalue weighted by Crippen LogP contribution is -2.41. The number of ether oxygens (including phenoxy) is 5. The van der Waals surface area contributed by atoms with Crippen LogP contribution in [-0.2, 0) is 4.79 Å². The predicted molar refractivity (Wildman–Crippen MR) is 119 cm³/mol. The van der Waals surface area contributed by atoms with E-state index in [1.54, 1.807) is 41.6 Å². The van der Waals surface area contributed by atoms with Gasteiger partial charge in [0.1, 0.15) is 5.75 Å². The maximum Gasteiger partial charge on any atom is 0.307 e. The fraction of sp³-hybridized carbons (Fsp3) is 0.458. The van der Waals surface area contributed by atoms with Crippen molar-refractivity contribution in [1.82, 2.24) is 4.90 Å². The number of likely N-dealkylation sites (tertiary alicyclic amines) is 1. The Bertz CT molecular complexity index is 946. The van der Waals surface area contributed by atoms with Gasteiger partial charge in [0.05, 0.1) is 47.5 Å². The number of aliphatic carboxylic acids is 1. The molecule has 8 heteroatoms. The summed E-state index contributed by atoms with van der Waals surface area (Å²) in [6, 6.07) is 9.14. The number of hydrogen-bond acceptors (Lipinski definition) is 7. The van der Waals surface area contributed by atoms with E-state index in [4.69, 9.17) is 23.7 Å². The summed E-state index contributed by atoms with van der Waals surface area (Å²) in [7, 11) is 7.95. The lowest BCUT2D eigenvalue weighted by Gasteiger charge is -2.38. The van der Waals surface area contributed by atoms with Crippen LogP contribution >= 0.6 is 0 Å². The molecule has 2 aromatic carbocycles. The molecule has 0 aromatic heterocycles. The zero-order valence-electron chi connectivity index (χ0n) is 19.2. The smallest absolute Gasteiger partial charge is 0.307 e. The van der Waals surface area contributed by atoms with Crippen LogP contribution < -0.4 is 23.7 Å². The lowest BCUT2D eigenvalue weighted by atomic mass is 9.90. The number of carboxylic acid groups (broad SMARTS) is 1. The fourth-order valence-corrected chi connectivity index (χ4v) is 4.32. The molecule has 0 spiro atoms. The molecule has 2 atom stereocenters. The van der Waals surface area contributed by atoms with Gasteiger partial charge in [0.2, 0.25) is 0 Å². The van der Waals surface area contributed by atoms with Crippen LogP contribution in [0.2, 0.25) is 0 Å². The van der Waals surface area contributed by atoms with Gasteiger partial charge in [-0.25, -0.2) is 0 Å². The molecule has 1 aliphatic heterocycles. The lowest BCUT2D eigenvalue weighted by molar-refractivity contribution is -0.143. The topological polar surface area (TPSA) is 86.7 Å². The monoisotopic (exact) mass is 445 g/mol. The highest BCUT2D eigenvalue weighted by Crippen LogP contribution is 2.44. The molecule has 1 saturated heterocycles. The zero-order valence-corrected chi connectivity index (χ0v) is 19.2. The highest BCUT2D eigenvalue weighted by molar-refractivity contribution is 5.70. The van der Waals surface area contributed by atoms with E-state index in [9.17, 15) is 9.90 Å². The average molecular weight is 446 g/mol. The normalized spacial score (nSPS) is 17.3. The third-order valence-corrected chi connectivity index (χ3v) is 5.92. The van der Waals surface area contributed by atoms with Gasteiger partial charge in [-0.1, -0.05) is 6.07 Å². The Morgan fingerprint density at radius 1 is 0.875 bits per heavy atom. The Hall–Kier alpha value is -3.13. The van der Waals surface area contributed by atoms with Crippen molar-refractivity contribution in [3.63, 3.8) is 0 Å². The Morgan fingerprint density at radius 3 is 2.06 bits per heavy atom. The van der Waals surface area contributed by atoms with Gasteiger partial charge < -0.3 is 28.8 Å². The van der Waals surface area contributed by atoms with Crippen molar-refractivity contribution >= 4 is 5.97 Å². The Labute approximate surface area is 188 Å². The first-order valence-corrected chi connectivity index (χ1v) is 10.5. The molecule has 1 heterocycles. The largest absolute Gasteiger partial charge is 0.496 e. The van der Waals surface area contributed by atoms with Gasteiger partial charge in [-0.15, -0.1) is 0 Å². The second-order valence-corrected chi connectivity index (χ2v) is 7.64. The highest BCUT2D eigenvalue weighted by atomic mass is 16.5. The van der Waals surface area contributed by atoms with Crippen LogP contribution in [0.15, 0.2) is 30.3 Å². The summed E-state index contributed by atoms with van der Waals surface area (Å²) >= 11 is 0. The number of piperidine rings is 1. The van der Waals surface area contributed by atoms with Crippen molar-refractivity contribution in [2.45, 2.75) is 18.9 Å². The number of benzene rings is 2. The molecule has 2 unspecified atom stereocenters. The van der Waals surface area contributed by atoms with Crippen molar-refractivity contribution in [3.05, 3.63) is 41.5 Å². The summed E-state index contributed by atoms with van der Waals surface area (Å²) in [5.74, 6) is 1.76. The molecule has 8 nitrogen and oxygen atoms in total. The summed E-state index contributed by atoms with van der Waals surface area (Å²) in [5.41, 5.74) is 1.78. The minimum atomic E-state index is -0.778. The van der Waals surface area contributed by atoms with Crippen LogP contribution in [0.3, 0.4) is 0 Å². The van der Waals surface area contributed by atoms with E-state index < -0.39 is 11.9 Å². The Balaban J connectivity index is 2.18. The van der Waals surface area contributed by atoms with Crippen molar-refractivity contribution in [1.29, 1.82) is 0 Å². The molecule has 0 aliphatic carbocycles. The molecule has 2 aromatic rings. The first-order chi connectivity index (χ1) is 15.5. The van der Waals surface area contributed by atoms with Gasteiger partial charge in [0.15, 0.2) is 23.0 Å². The summed E-state index contributed by atoms with van der Waals surface area (Å²) in [5, 5.41) is 9.66. The van der Waals surface area contributed by atoms with Gasteiger partial charge in [-0.2, -0.15) is 0 Å². The minimum absolute atomic E-state index is 0.285. The third kappa shape index (κ3) is 4.70. The third-order valence-electron chi connectivity index (χ3n) is 5.92. The Morgan fingerprint density at radius 2 is 1.47 bits per heavy atom. The van der Waals surface area contributed by atoms with Crippen molar-refractivity contribution < 1.29 is 33.6 Å². The number of methoxy groups -OCH3 is 5.